The molecule has 0 N–H and O–H groups in total. The lowest BCUT2D eigenvalue weighted by molar-refractivity contribution is -0.144. The number of hydrogen-bond acceptors (Lipinski definition) is 4. The van der Waals surface area contributed by atoms with E-state index in [-0.39, 0.29) is 5.78 Å². The monoisotopic (exact) mass is 421 g/mol. The summed E-state index contributed by atoms with van der Waals surface area (Å²) in [6.07, 6.45) is 4.04. The second kappa shape index (κ2) is 13.2. The molecule has 0 aliphatic rings. The molecule has 2 rings (SSSR count). The number of carbonyl (C=O) groups excluding carboxylic acids is 2. The fourth-order valence-corrected chi connectivity index (χ4v) is 3.23. The van der Waals surface area contributed by atoms with E-state index in [4.69, 9.17) is 20.9 Å². The van der Waals surface area contributed by atoms with Crippen LogP contribution in [0.5, 0.6) is 0 Å². The molecule has 2 aromatic rings. The highest BCUT2D eigenvalue weighted by Crippen LogP contribution is 2.28. The van der Waals surface area contributed by atoms with Crippen LogP contribution in [0.25, 0.3) is 0 Å². The fraction of sp³-hybridized carbons (Fsp3) is 0.364. The van der Waals surface area contributed by atoms with E-state index >= 15 is 0 Å². The van der Waals surface area contributed by atoms with Crippen molar-refractivity contribution >= 4 is 32.5 Å². The van der Waals surface area contributed by atoms with E-state index in [1.807, 2.05) is 31.2 Å². The summed E-state index contributed by atoms with van der Waals surface area (Å²) in [7, 11) is 1.17. The van der Waals surface area contributed by atoms with E-state index in [1.165, 1.54) is 9.12 Å². The van der Waals surface area contributed by atoms with Gasteiger partial charge in [0.05, 0.1) is 11.6 Å². The first-order chi connectivity index (χ1) is 13.6. The van der Waals surface area contributed by atoms with Crippen molar-refractivity contribution in [3.05, 3.63) is 70.2 Å². The van der Waals surface area contributed by atoms with Gasteiger partial charge < -0.3 is 4.74 Å². The Bertz CT molecular complexity index is 744. The lowest BCUT2D eigenvalue weighted by Gasteiger charge is -2.17. The lowest BCUT2D eigenvalue weighted by Crippen LogP contribution is -2.25. The SMILES string of the molecule is CCCCCCOC(=O)C(C(=O)c1c(C)cccc1Cl)c1ccccc1.O=[PH2+]. The van der Waals surface area contributed by atoms with Gasteiger partial charge in [-0.15, -0.1) is 0 Å². The third kappa shape index (κ3) is 6.85. The van der Waals surface area contributed by atoms with Gasteiger partial charge in [-0.3, -0.25) is 9.59 Å². The zero-order chi connectivity index (χ0) is 20.9. The van der Waals surface area contributed by atoms with Crippen LogP contribution in [0, 0.1) is 6.92 Å². The van der Waals surface area contributed by atoms with Crippen LogP contribution in [0.15, 0.2) is 48.5 Å². The Morgan fingerprint density at radius 3 is 2.29 bits per heavy atom. The number of benzene rings is 2. The number of unbranched alkanes of at least 4 members (excludes halogenated alkanes) is 3. The maximum absolute atomic E-state index is 13.2. The van der Waals surface area contributed by atoms with Gasteiger partial charge in [0.2, 0.25) is 0 Å². The van der Waals surface area contributed by atoms with Gasteiger partial charge in [-0.25, -0.2) is 0 Å². The molecule has 0 spiro atoms. The van der Waals surface area contributed by atoms with Gasteiger partial charge in [-0.05, 0) is 30.5 Å². The normalized spacial score (nSPS) is 11.1. The summed E-state index contributed by atoms with van der Waals surface area (Å²) in [6, 6.07) is 14.3. The molecular formula is C22H27ClO4P+. The molecule has 0 aliphatic heterocycles. The highest BCUT2D eigenvalue weighted by atomic mass is 35.5. The first kappa shape index (κ1) is 24.0. The molecule has 0 saturated carbocycles. The number of esters is 1. The quantitative estimate of drug-likeness (QED) is 0.165. The second-order valence-corrected chi connectivity index (χ2v) is 6.78. The van der Waals surface area contributed by atoms with Gasteiger partial charge in [0, 0.05) is 5.56 Å². The van der Waals surface area contributed by atoms with Crippen LogP contribution in [0.4, 0.5) is 0 Å². The molecular weight excluding hydrogens is 395 g/mol. The molecule has 4 nitrogen and oxygen atoms in total. The number of halogens is 1. The molecule has 0 amide bonds. The van der Waals surface area contributed by atoms with E-state index in [0.29, 0.717) is 22.8 Å². The molecule has 6 heteroatoms. The summed E-state index contributed by atoms with van der Waals surface area (Å²) >= 11 is 6.25. The Hall–Kier alpha value is -2.03. The Labute approximate surface area is 173 Å². The van der Waals surface area contributed by atoms with Crippen LogP contribution in [0.2, 0.25) is 5.02 Å². The molecule has 28 heavy (non-hydrogen) atoms. The first-order valence-corrected chi connectivity index (χ1v) is 10.2. The van der Waals surface area contributed by atoms with Crippen LogP contribution in [0.3, 0.4) is 0 Å². The average molecular weight is 422 g/mol. The molecule has 0 radical (unpaired) electrons. The fourth-order valence-electron chi connectivity index (χ4n) is 2.91. The minimum atomic E-state index is -0.999. The van der Waals surface area contributed by atoms with E-state index in [9.17, 15) is 9.59 Å². The van der Waals surface area contributed by atoms with E-state index in [0.717, 1.165) is 31.2 Å². The van der Waals surface area contributed by atoms with Crippen molar-refractivity contribution in [2.24, 2.45) is 0 Å². The van der Waals surface area contributed by atoms with E-state index in [1.54, 1.807) is 24.3 Å². The Morgan fingerprint density at radius 2 is 1.68 bits per heavy atom. The Balaban J connectivity index is 0.00000190. The van der Waals surface area contributed by atoms with Gasteiger partial charge in [0.25, 0.3) is 0 Å². The lowest BCUT2D eigenvalue weighted by atomic mass is 9.89. The third-order valence-corrected chi connectivity index (χ3v) is 4.66. The van der Waals surface area contributed by atoms with Crippen LogP contribution in [-0.4, -0.2) is 18.4 Å². The minimum absolute atomic E-state index is 0.321. The molecule has 0 saturated heterocycles. The zero-order valence-electron chi connectivity index (χ0n) is 16.3. The minimum Gasteiger partial charge on any atom is -0.465 e. The topological polar surface area (TPSA) is 60.4 Å². The number of Topliss-reactive ketones (excluding diaryl/α,β-unsaturated/α-hetero) is 1. The molecule has 2 unspecified atom stereocenters. The third-order valence-electron chi connectivity index (χ3n) is 4.34. The van der Waals surface area contributed by atoms with Crippen molar-refractivity contribution in [3.63, 3.8) is 0 Å². The molecule has 2 atom stereocenters. The Kier molecular flexibility index (Phi) is 11.3. The van der Waals surface area contributed by atoms with Gasteiger partial charge >= 0.3 is 15.1 Å². The van der Waals surface area contributed by atoms with Crippen molar-refractivity contribution < 1.29 is 18.9 Å². The van der Waals surface area contributed by atoms with Crippen LogP contribution >= 0.6 is 20.7 Å². The maximum atomic E-state index is 13.2. The molecule has 0 aliphatic carbocycles. The van der Waals surface area contributed by atoms with E-state index < -0.39 is 11.9 Å². The second-order valence-electron chi connectivity index (χ2n) is 6.37. The maximum Gasteiger partial charge on any atom is 0.321 e. The first-order valence-electron chi connectivity index (χ1n) is 9.30. The smallest absolute Gasteiger partial charge is 0.321 e. The molecule has 0 heterocycles. The summed E-state index contributed by atoms with van der Waals surface area (Å²) in [5.74, 6) is -1.84. The highest BCUT2D eigenvalue weighted by molar-refractivity contribution is 7.00. The summed E-state index contributed by atoms with van der Waals surface area (Å²) in [5.41, 5.74) is 1.75. The number of carbonyl (C=O) groups is 2. The van der Waals surface area contributed by atoms with Crippen LogP contribution < -0.4 is 0 Å². The predicted molar refractivity (Wildman–Crippen MR) is 115 cm³/mol. The van der Waals surface area contributed by atoms with Crippen molar-refractivity contribution in [1.82, 2.24) is 0 Å². The molecule has 0 aromatic heterocycles. The average Bonchev–Trinajstić information content (AvgIpc) is 2.70. The predicted octanol–water partition coefficient (Wildman–Crippen LogP) is 5.95. The van der Waals surface area contributed by atoms with Gasteiger partial charge in [0.15, 0.2) is 5.78 Å². The molecule has 0 bridgehead atoms. The standard InChI is InChI=1S/C22H25ClO3.H2OP/c1-3-4-5-9-15-26-22(25)20(17-12-7-6-8-13-17)21(24)19-16(2)11-10-14-18(19)23;1-2/h6-8,10-14,20H,3-5,9,15H2,1-2H3;2H2/q;+1. The van der Waals surface area contributed by atoms with Crippen molar-refractivity contribution in [1.29, 1.82) is 0 Å². The summed E-state index contributed by atoms with van der Waals surface area (Å²) in [6.45, 7) is 4.27. The van der Waals surface area contributed by atoms with Crippen LogP contribution in [-0.2, 0) is 14.1 Å². The number of ketones is 1. The summed E-state index contributed by atoms with van der Waals surface area (Å²) in [5, 5.41) is 0.353. The van der Waals surface area contributed by atoms with Gasteiger partial charge in [0.1, 0.15) is 5.92 Å². The summed E-state index contributed by atoms with van der Waals surface area (Å²) < 4.78 is 13.6. The van der Waals surface area contributed by atoms with Crippen molar-refractivity contribution in [2.45, 2.75) is 45.4 Å². The van der Waals surface area contributed by atoms with Gasteiger partial charge in [-0.2, -0.15) is 0 Å². The largest absolute Gasteiger partial charge is 0.465 e. The number of aryl methyl sites for hydroxylation is 1. The van der Waals surface area contributed by atoms with Crippen molar-refractivity contribution in [2.75, 3.05) is 6.61 Å². The molecule has 0 fully saturated rings. The number of rotatable bonds is 9. The van der Waals surface area contributed by atoms with Gasteiger partial charge in [-0.1, -0.05) is 84.8 Å². The van der Waals surface area contributed by atoms with E-state index in [2.05, 4.69) is 6.92 Å². The Morgan fingerprint density at radius 1 is 1.00 bits per heavy atom. The number of ether oxygens (including phenoxy) is 1. The summed E-state index contributed by atoms with van der Waals surface area (Å²) in [4.78, 5) is 25.9. The molecule has 2 aromatic carbocycles. The number of hydrogen-bond donors (Lipinski definition) is 0. The highest BCUT2D eigenvalue weighted by Gasteiger charge is 2.32. The molecule has 150 valence electrons. The zero-order valence-corrected chi connectivity index (χ0v) is 18.2. The van der Waals surface area contributed by atoms with Crippen LogP contribution in [0.1, 0.15) is 60.0 Å². The van der Waals surface area contributed by atoms with Crippen molar-refractivity contribution in [3.8, 4) is 0 Å².